The number of halogens is 2. The van der Waals surface area contributed by atoms with Gasteiger partial charge in [-0.25, -0.2) is 0 Å². The first-order chi connectivity index (χ1) is 12.0. The number of nitrogens with zero attached hydrogens (tertiary/aromatic N) is 1. The van der Waals surface area contributed by atoms with Crippen LogP contribution < -0.4 is 14.8 Å². The van der Waals surface area contributed by atoms with Gasteiger partial charge < -0.3 is 19.7 Å². The fourth-order valence-corrected chi connectivity index (χ4v) is 2.69. The lowest BCUT2D eigenvalue weighted by Gasteiger charge is -2.26. The number of amides is 2. The molecule has 0 aliphatic carbocycles. The van der Waals surface area contributed by atoms with E-state index < -0.39 is 12.5 Å². The lowest BCUT2D eigenvalue weighted by molar-refractivity contribution is -0.131. The third kappa shape index (κ3) is 5.58. The zero-order chi connectivity index (χ0) is 18.2. The van der Waals surface area contributed by atoms with Gasteiger partial charge in [0.1, 0.15) is 0 Å². The van der Waals surface area contributed by atoms with Crippen LogP contribution in [0.2, 0.25) is 0 Å². The Kier molecular flexibility index (Phi) is 6.97. The molecule has 1 fully saturated rings. The van der Waals surface area contributed by atoms with E-state index in [2.05, 4.69) is 10.1 Å². The molecule has 2 rings (SSSR count). The lowest BCUT2D eigenvalue weighted by atomic mass is 10.1. The quantitative estimate of drug-likeness (QED) is 0.815. The van der Waals surface area contributed by atoms with Gasteiger partial charge in [0.05, 0.1) is 7.11 Å². The largest absolute Gasteiger partial charge is 0.493 e. The summed E-state index contributed by atoms with van der Waals surface area (Å²) in [5.74, 6) is -0.559. The molecule has 0 bridgehead atoms. The SMILES string of the molecule is COc1ccc(C(=O)NCCC(=O)N2CCCCC2)cc1OC(F)F. The molecule has 0 saturated carbocycles. The number of likely N-dealkylation sites (tertiary alicyclic amines) is 1. The van der Waals surface area contributed by atoms with Crippen LogP contribution in [0.5, 0.6) is 11.5 Å². The van der Waals surface area contributed by atoms with E-state index in [0.29, 0.717) is 0 Å². The van der Waals surface area contributed by atoms with Crippen molar-refractivity contribution in [1.82, 2.24) is 10.2 Å². The first-order valence-corrected chi connectivity index (χ1v) is 8.20. The average molecular weight is 356 g/mol. The zero-order valence-corrected chi connectivity index (χ0v) is 14.1. The van der Waals surface area contributed by atoms with Gasteiger partial charge >= 0.3 is 6.61 Å². The normalized spacial score (nSPS) is 14.3. The molecule has 1 saturated heterocycles. The minimum absolute atomic E-state index is 0.0106. The Morgan fingerprint density at radius 1 is 1.20 bits per heavy atom. The number of methoxy groups -OCH3 is 1. The summed E-state index contributed by atoms with van der Waals surface area (Å²) in [5.41, 5.74) is 0.155. The maximum atomic E-state index is 12.4. The molecule has 1 aromatic rings. The number of hydrogen-bond donors (Lipinski definition) is 1. The molecular formula is C17H22F2N2O4. The van der Waals surface area contributed by atoms with Gasteiger partial charge in [-0.15, -0.1) is 0 Å². The van der Waals surface area contributed by atoms with Crippen molar-refractivity contribution in [2.45, 2.75) is 32.3 Å². The summed E-state index contributed by atoms with van der Waals surface area (Å²) in [5, 5.41) is 2.62. The van der Waals surface area contributed by atoms with E-state index in [-0.39, 0.29) is 35.9 Å². The van der Waals surface area contributed by atoms with E-state index in [1.165, 1.54) is 25.3 Å². The van der Waals surface area contributed by atoms with Crippen LogP contribution in [0.3, 0.4) is 0 Å². The number of ether oxygens (including phenoxy) is 2. The van der Waals surface area contributed by atoms with Crippen molar-refractivity contribution in [3.63, 3.8) is 0 Å². The fourth-order valence-electron chi connectivity index (χ4n) is 2.69. The van der Waals surface area contributed by atoms with Gasteiger partial charge in [-0.2, -0.15) is 8.78 Å². The smallest absolute Gasteiger partial charge is 0.387 e. The average Bonchev–Trinajstić information content (AvgIpc) is 2.61. The molecule has 1 heterocycles. The molecule has 1 aliphatic heterocycles. The van der Waals surface area contributed by atoms with Crippen molar-refractivity contribution >= 4 is 11.8 Å². The molecule has 6 nitrogen and oxygen atoms in total. The van der Waals surface area contributed by atoms with Crippen LogP contribution in [0.4, 0.5) is 8.78 Å². The minimum atomic E-state index is -3.02. The van der Waals surface area contributed by atoms with E-state index in [1.54, 1.807) is 4.90 Å². The predicted molar refractivity (Wildman–Crippen MR) is 87.0 cm³/mol. The van der Waals surface area contributed by atoms with Crippen molar-refractivity contribution in [2.24, 2.45) is 0 Å². The number of piperidine rings is 1. The van der Waals surface area contributed by atoms with Gasteiger partial charge in [0, 0.05) is 31.6 Å². The molecule has 138 valence electrons. The first kappa shape index (κ1) is 19.0. The van der Waals surface area contributed by atoms with Gasteiger partial charge in [-0.05, 0) is 37.5 Å². The molecule has 0 aromatic heterocycles. The number of rotatable bonds is 7. The molecule has 2 amide bonds. The Morgan fingerprint density at radius 3 is 2.56 bits per heavy atom. The summed E-state index contributed by atoms with van der Waals surface area (Å²) in [6.45, 7) is -1.31. The van der Waals surface area contributed by atoms with Crippen LogP contribution in [0.25, 0.3) is 0 Å². The zero-order valence-electron chi connectivity index (χ0n) is 14.1. The molecule has 0 atom stereocenters. The monoisotopic (exact) mass is 356 g/mol. The number of hydrogen-bond acceptors (Lipinski definition) is 4. The minimum Gasteiger partial charge on any atom is -0.493 e. The van der Waals surface area contributed by atoms with Gasteiger partial charge in [0.15, 0.2) is 11.5 Å². The number of benzene rings is 1. The van der Waals surface area contributed by atoms with Crippen molar-refractivity contribution in [2.75, 3.05) is 26.7 Å². The second-order valence-electron chi connectivity index (χ2n) is 5.69. The summed E-state index contributed by atoms with van der Waals surface area (Å²) in [4.78, 5) is 26.0. The van der Waals surface area contributed by atoms with E-state index in [4.69, 9.17) is 4.74 Å². The Labute approximate surface area is 145 Å². The van der Waals surface area contributed by atoms with Crippen molar-refractivity contribution in [3.8, 4) is 11.5 Å². The Hall–Kier alpha value is -2.38. The second-order valence-corrected chi connectivity index (χ2v) is 5.69. The summed E-state index contributed by atoms with van der Waals surface area (Å²) in [6, 6.07) is 4.01. The summed E-state index contributed by atoms with van der Waals surface area (Å²) >= 11 is 0. The van der Waals surface area contributed by atoms with E-state index in [1.807, 2.05) is 0 Å². The van der Waals surface area contributed by atoms with E-state index in [0.717, 1.165) is 32.4 Å². The van der Waals surface area contributed by atoms with Crippen LogP contribution in [0.1, 0.15) is 36.0 Å². The van der Waals surface area contributed by atoms with Gasteiger partial charge in [-0.1, -0.05) is 0 Å². The Bertz CT molecular complexity index is 604. The predicted octanol–water partition coefficient (Wildman–Crippen LogP) is 2.43. The van der Waals surface area contributed by atoms with Crippen LogP contribution in [-0.2, 0) is 4.79 Å². The highest BCUT2D eigenvalue weighted by Gasteiger charge is 2.17. The van der Waals surface area contributed by atoms with Crippen molar-refractivity contribution in [1.29, 1.82) is 0 Å². The molecule has 0 radical (unpaired) electrons. The third-order valence-electron chi connectivity index (χ3n) is 3.98. The maximum Gasteiger partial charge on any atom is 0.387 e. The lowest BCUT2D eigenvalue weighted by Crippen LogP contribution is -2.37. The van der Waals surface area contributed by atoms with Crippen LogP contribution in [0, 0.1) is 0 Å². The number of carbonyl (C=O) groups is 2. The highest BCUT2D eigenvalue weighted by molar-refractivity contribution is 5.95. The van der Waals surface area contributed by atoms with Crippen LogP contribution >= 0.6 is 0 Å². The van der Waals surface area contributed by atoms with Crippen LogP contribution in [0.15, 0.2) is 18.2 Å². The number of carbonyl (C=O) groups excluding carboxylic acids is 2. The third-order valence-corrected chi connectivity index (χ3v) is 3.98. The van der Waals surface area contributed by atoms with Crippen LogP contribution in [-0.4, -0.2) is 50.1 Å². The number of alkyl halides is 2. The molecule has 25 heavy (non-hydrogen) atoms. The summed E-state index contributed by atoms with van der Waals surface area (Å²) < 4.78 is 34.1. The Balaban J connectivity index is 1.88. The highest BCUT2D eigenvalue weighted by Crippen LogP contribution is 2.29. The topological polar surface area (TPSA) is 67.9 Å². The molecule has 1 aromatic carbocycles. The molecule has 1 aliphatic rings. The maximum absolute atomic E-state index is 12.4. The first-order valence-electron chi connectivity index (χ1n) is 8.20. The summed E-state index contributed by atoms with van der Waals surface area (Å²) in [7, 11) is 1.32. The van der Waals surface area contributed by atoms with Crippen molar-refractivity contribution in [3.05, 3.63) is 23.8 Å². The van der Waals surface area contributed by atoms with E-state index in [9.17, 15) is 18.4 Å². The van der Waals surface area contributed by atoms with Gasteiger partial charge in [0.2, 0.25) is 5.91 Å². The molecule has 0 spiro atoms. The van der Waals surface area contributed by atoms with E-state index >= 15 is 0 Å². The molecule has 8 heteroatoms. The van der Waals surface area contributed by atoms with Gasteiger partial charge in [-0.3, -0.25) is 9.59 Å². The number of nitrogens with one attached hydrogen (secondary N) is 1. The molecular weight excluding hydrogens is 334 g/mol. The highest BCUT2D eigenvalue weighted by atomic mass is 19.3. The molecule has 1 N–H and O–H groups in total. The van der Waals surface area contributed by atoms with Crippen molar-refractivity contribution < 1.29 is 27.8 Å². The molecule has 0 unspecified atom stereocenters. The fraction of sp³-hybridized carbons (Fsp3) is 0.529. The van der Waals surface area contributed by atoms with Gasteiger partial charge in [0.25, 0.3) is 5.91 Å². The Morgan fingerprint density at radius 2 is 1.92 bits per heavy atom. The standard InChI is InChI=1S/C17H22F2N2O4/c1-24-13-6-5-12(11-14(13)25-17(18)19)16(23)20-8-7-15(22)21-9-3-2-4-10-21/h5-6,11,17H,2-4,7-10H2,1H3,(H,20,23). The summed E-state index contributed by atoms with van der Waals surface area (Å²) in [6.07, 6.45) is 3.37. The second kappa shape index (κ2) is 9.19.